The summed E-state index contributed by atoms with van der Waals surface area (Å²) in [5.74, 6) is 2.32. The molecule has 0 aliphatic heterocycles. The lowest BCUT2D eigenvalue weighted by atomic mass is 10.3. The summed E-state index contributed by atoms with van der Waals surface area (Å²) < 4.78 is 6.27. The first-order valence-electron chi connectivity index (χ1n) is 6.80. The standard InChI is InChI=1S/C14H19BrN4OS/c1-3-16-12-8-13(19-14(18-12)9-20-2)17-7-6-10-4-5-11(15)21-10/h4-5,8H,3,6-7,9H2,1-2H3,(H2,16,17,18,19). The summed E-state index contributed by atoms with van der Waals surface area (Å²) in [5, 5.41) is 6.55. The van der Waals surface area contributed by atoms with E-state index < -0.39 is 0 Å². The molecule has 2 aromatic rings. The molecule has 0 aromatic carbocycles. The fraction of sp³-hybridized carbons (Fsp3) is 0.429. The van der Waals surface area contributed by atoms with E-state index in [-0.39, 0.29) is 0 Å². The minimum Gasteiger partial charge on any atom is -0.377 e. The van der Waals surface area contributed by atoms with Crippen LogP contribution in [0.4, 0.5) is 11.6 Å². The van der Waals surface area contributed by atoms with Crippen molar-refractivity contribution in [2.24, 2.45) is 0 Å². The van der Waals surface area contributed by atoms with E-state index in [4.69, 9.17) is 4.74 Å². The SMILES string of the molecule is CCNc1cc(NCCc2ccc(Br)s2)nc(COC)n1. The summed E-state index contributed by atoms with van der Waals surface area (Å²) in [6.07, 6.45) is 0.969. The van der Waals surface area contributed by atoms with E-state index >= 15 is 0 Å². The van der Waals surface area contributed by atoms with Gasteiger partial charge in [-0.1, -0.05) is 0 Å². The number of rotatable bonds is 8. The number of anilines is 2. The molecule has 0 fully saturated rings. The highest BCUT2D eigenvalue weighted by atomic mass is 79.9. The van der Waals surface area contributed by atoms with Gasteiger partial charge in [0.05, 0.1) is 3.79 Å². The van der Waals surface area contributed by atoms with Crippen LogP contribution < -0.4 is 10.6 Å². The average Bonchev–Trinajstić information content (AvgIpc) is 2.85. The molecule has 21 heavy (non-hydrogen) atoms. The molecule has 0 aliphatic carbocycles. The van der Waals surface area contributed by atoms with Crippen molar-refractivity contribution in [3.63, 3.8) is 0 Å². The van der Waals surface area contributed by atoms with Crippen LogP contribution in [0, 0.1) is 0 Å². The second-order valence-corrected chi connectivity index (χ2v) is 6.95. The van der Waals surface area contributed by atoms with Crippen LogP contribution in [0.15, 0.2) is 22.0 Å². The third kappa shape index (κ3) is 5.26. The molecule has 0 amide bonds. The normalized spacial score (nSPS) is 10.6. The highest BCUT2D eigenvalue weighted by molar-refractivity contribution is 9.11. The zero-order valence-electron chi connectivity index (χ0n) is 12.1. The largest absolute Gasteiger partial charge is 0.377 e. The van der Waals surface area contributed by atoms with Crippen LogP contribution in [0.1, 0.15) is 17.6 Å². The van der Waals surface area contributed by atoms with Crippen LogP contribution in [-0.2, 0) is 17.8 Å². The van der Waals surface area contributed by atoms with E-state index in [9.17, 15) is 0 Å². The molecule has 2 aromatic heterocycles. The van der Waals surface area contributed by atoms with E-state index in [0.717, 1.165) is 34.9 Å². The maximum Gasteiger partial charge on any atom is 0.158 e. The van der Waals surface area contributed by atoms with Gasteiger partial charge < -0.3 is 15.4 Å². The average molecular weight is 371 g/mol. The van der Waals surface area contributed by atoms with Gasteiger partial charge in [0, 0.05) is 31.1 Å². The number of halogens is 1. The van der Waals surface area contributed by atoms with Gasteiger partial charge in [0.2, 0.25) is 0 Å². The quantitative estimate of drug-likeness (QED) is 0.744. The van der Waals surface area contributed by atoms with Crippen molar-refractivity contribution >= 4 is 38.9 Å². The number of hydrogen-bond acceptors (Lipinski definition) is 6. The Balaban J connectivity index is 1.97. The lowest BCUT2D eigenvalue weighted by Crippen LogP contribution is -2.10. The van der Waals surface area contributed by atoms with Crippen LogP contribution in [-0.4, -0.2) is 30.2 Å². The van der Waals surface area contributed by atoms with Gasteiger partial charge in [0.25, 0.3) is 0 Å². The van der Waals surface area contributed by atoms with Crippen molar-refractivity contribution in [3.8, 4) is 0 Å². The van der Waals surface area contributed by atoms with E-state index in [1.165, 1.54) is 4.88 Å². The topological polar surface area (TPSA) is 59.1 Å². The molecule has 0 unspecified atom stereocenters. The van der Waals surface area contributed by atoms with Crippen molar-refractivity contribution in [2.45, 2.75) is 20.0 Å². The van der Waals surface area contributed by atoms with Gasteiger partial charge in [-0.25, -0.2) is 9.97 Å². The Morgan fingerprint density at radius 3 is 2.62 bits per heavy atom. The third-order valence-corrected chi connectivity index (χ3v) is 4.39. The summed E-state index contributed by atoms with van der Waals surface area (Å²) in [4.78, 5) is 10.2. The number of thiophene rings is 1. The number of methoxy groups -OCH3 is 1. The molecular formula is C14H19BrN4OS. The maximum absolute atomic E-state index is 5.11. The van der Waals surface area contributed by atoms with Gasteiger partial charge >= 0.3 is 0 Å². The van der Waals surface area contributed by atoms with Crippen LogP contribution in [0.3, 0.4) is 0 Å². The first kappa shape index (κ1) is 16.2. The lowest BCUT2D eigenvalue weighted by molar-refractivity contribution is 0.178. The summed E-state index contributed by atoms with van der Waals surface area (Å²) in [5.41, 5.74) is 0. The maximum atomic E-state index is 5.11. The van der Waals surface area contributed by atoms with Gasteiger partial charge in [-0.2, -0.15) is 0 Å². The Morgan fingerprint density at radius 1 is 1.24 bits per heavy atom. The van der Waals surface area contributed by atoms with Gasteiger partial charge in [0.1, 0.15) is 18.2 Å². The Bertz CT molecular complexity index is 552. The van der Waals surface area contributed by atoms with Crippen molar-refractivity contribution in [1.29, 1.82) is 0 Å². The monoisotopic (exact) mass is 370 g/mol. The highest BCUT2D eigenvalue weighted by Gasteiger charge is 2.04. The summed E-state index contributed by atoms with van der Waals surface area (Å²) in [7, 11) is 1.64. The zero-order chi connectivity index (χ0) is 15.1. The first-order chi connectivity index (χ1) is 10.2. The Morgan fingerprint density at radius 2 is 2.00 bits per heavy atom. The molecule has 0 atom stereocenters. The van der Waals surface area contributed by atoms with Crippen LogP contribution >= 0.6 is 27.3 Å². The summed E-state index contributed by atoms with van der Waals surface area (Å²) >= 11 is 5.23. The molecule has 0 saturated heterocycles. The smallest absolute Gasteiger partial charge is 0.158 e. The lowest BCUT2D eigenvalue weighted by Gasteiger charge is -2.10. The van der Waals surface area contributed by atoms with Crippen LogP contribution in [0.5, 0.6) is 0 Å². The van der Waals surface area contributed by atoms with E-state index in [2.05, 4.69) is 48.7 Å². The molecule has 2 rings (SSSR count). The zero-order valence-corrected chi connectivity index (χ0v) is 14.6. The van der Waals surface area contributed by atoms with Crippen molar-refractivity contribution in [1.82, 2.24) is 9.97 Å². The summed E-state index contributed by atoms with van der Waals surface area (Å²) in [6.45, 7) is 4.11. The molecule has 5 nitrogen and oxygen atoms in total. The van der Waals surface area contributed by atoms with Crippen LogP contribution in [0.25, 0.3) is 0 Å². The van der Waals surface area contributed by atoms with Crippen LogP contribution in [0.2, 0.25) is 0 Å². The fourth-order valence-electron chi connectivity index (χ4n) is 1.85. The molecule has 7 heteroatoms. The molecule has 0 saturated carbocycles. The number of ether oxygens (including phenoxy) is 1. The Hall–Kier alpha value is -1.18. The number of hydrogen-bond donors (Lipinski definition) is 2. The Labute approximate surface area is 137 Å². The van der Waals surface area contributed by atoms with E-state index in [0.29, 0.717) is 12.4 Å². The molecule has 0 spiro atoms. The van der Waals surface area contributed by atoms with Crippen molar-refractivity contribution in [3.05, 3.63) is 32.7 Å². The molecule has 2 N–H and O–H groups in total. The van der Waals surface area contributed by atoms with Gasteiger partial charge in [0.15, 0.2) is 5.82 Å². The minimum atomic E-state index is 0.409. The molecule has 114 valence electrons. The fourth-order valence-corrected chi connectivity index (χ4v) is 3.34. The second kappa shape index (κ2) is 8.31. The second-order valence-electron chi connectivity index (χ2n) is 4.40. The number of nitrogens with zero attached hydrogens (tertiary/aromatic N) is 2. The third-order valence-electron chi connectivity index (χ3n) is 2.71. The minimum absolute atomic E-state index is 0.409. The van der Waals surface area contributed by atoms with Gasteiger partial charge in [-0.15, -0.1) is 11.3 Å². The number of aromatic nitrogens is 2. The van der Waals surface area contributed by atoms with Crippen molar-refractivity contribution in [2.75, 3.05) is 30.8 Å². The molecule has 0 bridgehead atoms. The van der Waals surface area contributed by atoms with E-state index in [1.54, 1.807) is 18.4 Å². The molecular weight excluding hydrogens is 352 g/mol. The predicted molar refractivity (Wildman–Crippen MR) is 91.1 cm³/mol. The predicted octanol–water partition coefficient (Wildman–Crippen LogP) is 3.53. The van der Waals surface area contributed by atoms with E-state index in [1.807, 2.05) is 13.0 Å². The molecule has 2 heterocycles. The van der Waals surface area contributed by atoms with Crippen molar-refractivity contribution < 1.29 is 4.74 Å². The Kier molecular flexibility index (Phi) is 6.41. The first-order valence-corrected chi connectivity index (χ1v) is 8.41. The molecule has 0 radical (unpaired) electrons. The number of nitrogens with one attached hydrogen (secondary N) is 2. The highest BCUT2D eigenvalue weighted by Crippen LogP contribution is 2.22. The van der Waals surface area contributed by atoms with Gasteiger partial charge in [-0.05, 0) is 41.4 Å². The van der Waals surface area contributed by atoms with Gasteiger partial charge in [-0.3, -0.25) is 0 Å². The summed E-state index contributed by atoms with van der Waals surface area (Å²) in [6, 6.07) is 6.13. The molecule has 0 aliphatic rings.